The molecule has 1 N–H and O–H groups in total. The first-order chi connectivity index (χ1) is 6.75. The summed E-state index contributed by atoms with van der Waals surface area (Å²) in [7, 11) is 0. The normalized spacial score (nSPS) is 9.71. The van der Waals surface area contributed by atoms with E-state index in [1.165, 1.54) is 5.56 Å². The van der Waals surface area contributed by atoms with E-state index in [1.54, 1.807) is 0 Å². The molecular formula is C13H21N. The molecular weight excluding hydrogens is 170 g/mol. The second-order valence-electron chi connectivity index (χ2n) is 2.90. The molecule has 0 amide bonds. The summed E-state index contributed by atoms with van der Waals surface area (Å²) in [5.41, 5.74) is 3.47. The summed E-state index contributed by atoms with van der Waals surface area (Å²) < 4.78 is 0. The Morgan fingerprint density at radius 3 is 2.64 bits per heavy atom. The van der Waals surface area contributed by atoms with Crippen molar-refractivity contribution in [3.63, 3.8) is 0 Å². The highest BCUT2D eigenvalue weighted by molar-refractivity contribution is 5.70. The van der Waals surface area contributed by atoms with Gasteiger partial charge >= 0.3 is 0 Å². The van der Waals surface area contributed by atoms with E-state index in [0.29, 0.717) is 0 Å². The van der Waals surface area contributed by atoms with Gasteiger partial charge in [-0.2, -0.15) is 0 Å². The zero-order valence-corrected chi connectivity index (χ0v) is 9.72. The Morgan fingerprint density at radius 2 is 2.14 bits per heavy atom. The lowest BCUT2D eigenvalue weighted by molar-refractivity contribution is 1.23. The summed E-state index contributed by atoms with van der Waals surface area (Å²) in [6.07, 6.45) is 7.25. The lowest BCUT2D eigenvalue weighted by atomic mass is 10.1. The van der Waals surface area contributed by atoms with Crippen LogP contribution in [0.25, 0.3) is 11.6 Å². The minimum absolute atomic E-state index is 1.06. The third kappa shape index (κ3) is 3.65. The molecule has 0 aromatic carbocycles. The number of hydrogen-bond acceptors (Lipinski definition) is 0. The molecule has 0 bridgehead atoms. The van der Waals surface area contributed by atoms with Gasteiger partial charge in [-0.05, 0) is 31.1 Å². The summed E-state index contributed by atoms with van der Waals surface area (Å²) in [4.78, 5) is 3.17. The van der Waals surface area contributed by atoms with Gasteiger partial charge in [0.05, 0.1) is 0 Å². The fraction of sp³-hybridized carbons (Fsp3) is 0.385. The Balaban J connectivity index is 0.000000791. The molecule has 1 nitrogen and oxygen atoms in total. The molecule has 0 aliphatic heterocycles. The number of nitrogens with one attached hydrogen (secondary N) is 1. The Bertz CT molecular complexity index is 292. The number of aromatic nitrogens is 1. The number of rotatable bonds is 3. The van der Waals surface area contributed by atoms with E-state index in [0.717, 1.165) is 17.7 Å². The summed E-state index contributed by atoms with van der Waals surface area (Å²) in [6.45, 7) is 12.1. The third-order valence-electron chi connectivity index (χ3n) is 1.76. The van der Waals surface area contributed by atoms with Crippen molar-refractivity contribution < 1.29 is 0 Å². The maximum atomic E-state index is 3.91. The van der Waals surface area contributed by atoms with E-state index < -0.39 is 0 Å². The van der Waals surface area contributed by atoms with Gasteiger partial charge in [-0.25, -0.2) is 0 Å². The van der Waals surface area contributed by atoms with Crippen LogP contribution in [0, 0.1) is 0 Å². The van der Waals surface area contributed by atoms with Crippen LogP contribution in [0.4, 0.5) is 0 Å². The molecule has 78 valence electrons. The molecule has 1 aromatic heterocycles. The summed E-state index contributed by atoms with van der Waals surface area (Å²) >= 11 is 0. The molecule has 0 unspecified atom stereocenters. The van der Waals surface area contributed by atoms with E-state index in [4.69, 9.17) is 0 Å². The second-order valence-corrected chi connectivity index (χ2v) is 2.90. The van der Waals surface area contributed by atoms with Crippen LogP contribution in [0.1, 0.15) is 45.4 Å². The highest BCUT2D eigenvalue weighted by Crippen LogP contribution is 2.17. The predicted molar refractivity (Wildman–Crippen MR) is 66.2 cm³/mol. The molecule has 0 fully saturated rings. The summed E-state index contributed by atoms with van der Waals surface area (Å²) in [5, 5.41) is 0. The highest BCUT2D eigenvalue weighted by Gasteiger charge is 1.99. The molecule has 1 rings (SSSR count). The molecule has 14 heavy (non-hydrogen) atoms. The Labute approximate surface area is 87.6 Å². The molecule has 1 heteroatoms. The summed E-state index contributed by atoms with van der Waals surface area (Å²) in [6, 6.07) is 2.05. The van der Waals surface area contributed by atoms with Crippen LogP contribution in [0.2, 0.25) is 0 Å². The number of H-pyrrole nitrogens is 1. The van der Waals surface area contributed by atoms with Gasteiger partial charge < -0.3 is 4.98 Å². The van der Waals surface area contributed by atoms with Gasteiger partial charge in [0.1, 0.15) is 0 Å². The van der Waals surface area contributed by atoms with Crippen LogP contribution < -0.4 is 0 Å². The quantitative estimate of drug-likeness (QED) is 0.724. The van der Waals surface area contributed by atoms with Crippen molar-refractivity contribution in [2.75, 3.05) is 0 Å². The van der Waals surface area contributed by atoms with Crippen molar-refractivity contribution in [3.05, 3.63) is 36.2 Å². The maximum Gasteiger partial charge on any atom is 0.0453 e. The summed E-state index contributed by atoms with van der Waals surface area (Å²) in [5.74, 6) is 0. The SMILES string of the molecule is C=C(C)c1cc[nH]c1/C=C\CC.CC. The minimum atomic E-state index is 1.06. The van der Waals surface area contributed by atoms with E-state index >= 15 is 0 Å². The van der Waals surface area contributed by atoms with Crippen molar-refractivity contribution in [1.29, 1.82) is 0 Å². The van der Waals surface area contributed by atoms with Gasteiger partial charge in [-0.15, -0.1) is 0 Å². The molecule has 1 aromatic rings. The Hall–Kier alpha value is -1.24. The zero-order chi connectivity index (χ0) is 11.0. The van der Waals surface area contributed by atoms with Crippen molar-refractivity contribution in [2.24, 2.45) is 0 Å². The largest absolute Gasteiger partial charge is 0.361 e. The lowest BCUT2D eigenvalue weighted by Crippen LogP contribution is -1.78. The number of hydrogen-bond donors (Lipinski definition) is 1. The van der Waals surface area contributed by atoms with Crippen molar-refractivity contribution >= 4 is 11.6 Å². The van der Waals surface area contributed by atoms with Gasteiger partial charge in [-0.1, -0.05) is 33.4 Å². The van der Waals surface area contributed by atoms with Crippen LogP contribution in [0.5, 0.6) is 0 Å². The monoisotopic (exact) mass is 191 g/mol. The van der Waals surface area contributed by atoms with Gasteiger partial charge in [0.2, 0.25) is 0 Å². The standard InChI is InChI=1S/C11H15N.C2H6/c1-4-5-6-11-10(9(2)3)7-8-12-11;1-2/h5-8,12H,2,4H2,1,3H3;1-2H3/b6-5-;. The van der Waals surface area contributed by atoms with Crippen LogP contribution in [-0.4, -0.2) is 4.98 Å². The molecule has 0 aliphatic rings. The zero-order valence-electron chi connectivity index (χ0n) is 9.72. The second kappa shape index (κ2) is 7.19. The first-order valence-electron chi connectivity index (χ1n) is 5.25. The molecule has 0 atom stereocenters. The Kier molecular flexibility index (Phi) is 6.55. The van der Waals surface area contributed by atoms with E-state index in [1.807, 2.05) is 27.0 Å². The molecule has 0 saturated carbocycles. The fourth-order valence-corrected chi connectivity index (χ4v) is 1.13. The number of allylic oxidation sites excluding steroid dienone is 2. The Morgan fingerprint density at radius 1 is 1.50 bits per heavy atom. The molecule has 0 saturated heterocycles. The average molecular weight is 191 g/mol. The average Bonchev–Trinajstić information content (AvgIpc) is 2.66. The molecule has 0 aliphatic carbocycles. The van der Waals surface area contributed by atoms with E-state index in [-0.39, 0.29) is 0 Å². The van der Waals surface area contributed by atoms with E-state index in [9.17, 15) is 0 Å². The van der Waals surface area contributed by atoms with Crippen LogP contribution in [0.3, 0.4) is 0 Å². The first-order valence-corrected chi connectivity index (χ1v) is 5.25. The van der Waals surface area contributed by atoms with Crippen LogP contribution >= 0.6 is 0 Å². The molecule has 1 heterocycles. The molecule has 0 spiro atoms. The maximum absolute atomic E-state index is 3.91. The third-order valence-corrected chi connectivity index (χ3v) is 1.76. The smallest absolute Gasteiger partial charge is 0.0453 e. The van der Waals surface area contributed by atoms with Gasteiger partial charge in [0.25, 0.3) is 0 Å². The van der Waals surface area contributed by atoms with Crippen molar-refractivity contribution in [2.45, 2.75) is 34.1 Å². The highest BCUT2D eigenvalue weighted by atomic mass is 14.7. The lowest BCUT2D eigenvalue weighted by Gasteiger charge is -1.96. The number of aromatic amines is 1. The van der Waals surface area contributed by atoms with E-state index in [2.05, 4.69) is 36.7 Å². The van der Waals surface area contributed by atoms with Gasteiger partial charge in [0.15, 0.2) is 0 Å². The van der Waals surface area contributed by atoms with Crippen molar-refractivity contribution in [3.8, 4) is 0 Å². The topological polar surface area (TPSA) is 15.8 Å². The minimum Gasteiger partial charge on any atom is -0.361 e. The van der Waals surface area contributed by atoms with Gasteiger partial charge in [-0.3, -0.25) is 0 Å². The predicted octanol–water partition coefficient (Wildman–Crippen LogP) is 4.50. The van der Waals surface area contributed by atoms with Gasteiger partial charge in [0, 0.05) is 17.5 Å². The molecule has 0 radical (unpaired) electrons. The first kappa shape index (κ1) is 12.8. The fourth-order valence-electron chi connectivity index (χ4n) is 1.13. The van der Waals surface area contributed by atoms with Crippen molar-refractivity contribution in [1.82, 2.24) is 4.98 Å². The van der Waals surface area contributed by atoms with Crippen LogP contribution in [0.15, 0.2) is 24.9 Å². The van der Waals surface area contributed by atoms with Crippen LogP contribution in [-0.2, 0) is 0 Å².